The summed E-state index contributed by atoms with van der Waals surface area (Å²) >= 11 is 8.78. The van der Waals surface area contributed by atoms with Gasteiger partial charge in [0.2, 0.25) is 5.91 Å². The first-order chi connectivity index (χ1) is 7.49. The summed E-state index contributed by atoms with van der Waals surface area (Å²) in [5.74, 6) is -1.24. The Morgan fingerprint density at radius 3 is 2.56 bits per heavy atom. The van der Waals surface area contributed by atoms with Crippen molar-refractivity contribution in [3.63, 3.8) is 0 Å². The van der Waals surface area contributed by atoms with Crippen molar-refractivity contribution in [2.45, 2.75) is 6.42 Å². The monoisotopic (exact) mass is 305 g/mol. The highest BCUT2D eigenvalue weighted by Gasteiger charge is 2.31. The fraction of sp³-hybridized carbons (Fsp3) is 0.200. The normalized spacial score (nSPS) is 16.1. The molecule has 0 aliphatic carbocycles. The van der Waals surface area contributed by atoms with Crippen molar-refractivity contribution in [3.05, 3.63) is 27.4 Å². The number of nitrogens with zero attached hydrogens (tertiary/aromatic N) is 1. The number of Topliss-reactive ketones (excluding diaryl/α,β-unsaturated/α-hetero) is 1. The van der Waals surface area contributed by atoms with Gasteiger partial charge in [0.05, 0.1) is 18.7 Å². The molecule has 3 nitrogen and oxygen atoms in total. The van der Waals surface area contributed by atoms with E-state index in [1.54, 1.807) is 0 Å². The van der Waals surface area contributed by atoms with Crippen LogP contribution in [0.5, 0.6) is 0 Å². The average Bonchev–Trinajstić information content (AvgIpc) is 2.43. The summed E-state index contributed by atoms with van der Waals surface area (Å²) in [7, 11) is 0. The lowest BCUT2D eigenvalue weighted by Gasteiger charge is -2.17. The van der Waals surface area contributed by atoms with Gasteiger partial charge >= 0.3 is 0 Å². The van der Waals surface area contributed by atoms with E-state index in [4.69, 9.17) is 11.6 Å². The van der Waals surface area contributed by atoms with Crippen LogP contribution in [0.4, 0.5) is 10.1 Å². The first kappa shape index (κ1) is 11.5. The van der Waals surface area contributed by atoms with E-state index in [1.165, 1.54) is 6.07 Å². The van der Waals surface area contributed by atoms with E-state index in [0.29, 0.717) is 4.47 Å². The van der Waals surface area contributed by atoms with Crippen LogP contribution in [-0.4, -0.2) is 18.2 Å². The highest BCUT2D eigenvalue weighted by molar-refractivity contribution is 9.10. The lowest BCUT2D eigenvalue weighted by Crippen LogP contribution is -2.26. The molecule has 1 heterocycles. The zero-order valence-corrected chi connectivity index (χ0v) is 10.3. The van der Waals surface area contributed by atoms with Crippen LogP contribution in [0.1, 0.15) is 6.42 Å². The highest BCUT2D eigenvalue weighted by Crippen LogP contribution is 2.34. The summed E-state index contributed by atoms with van der Waals surface area (Å²) in [6.07, 6.45) is -0.172. The van der Waals surface area contributed by atoms with Crippen molar-refractivity contribution >= 4 is 44.9 Å². The Bertz CT molecular complexity index is 469. The van der Waals surface area contributed by atoms with Gasteiger partial charge in [0.1, 0.15) is 5.82 Å². The van der Waals surface area contributed by atoms with Gasteiger partial charge in [0.15, 0.2) is 5.78 Å². The van der Waals surface area contributed by atoms with Crippen molar-refractivity contribution < 1.29 is 14.0 Å². The van der Waals surface area contributed by atoms with Gasteiger partial charge in [-0.15, -0.1) is 0 Å². The van der Waals surface area contributed by atoms with Crippen LogP contribution in [0.15, 0.2) is 16.6 Å². The fourth-order valence-corrected chi connectivity index (χ4v) is 2.57. The molecular formula is C10H6BrClFNO2. The van der Waals surface area contributed by atoms with E-state index in [1.807, 2.05) is 0 Å². The number of amides is 1. The van der Waals surface area contributed by atoms with Crippen LogP contribution < -0.4 is 4.90 Å². The largest absolute Gasteiger partial charge is 0.301 e. The fourth-order valence-electron chi connectivity index (χ4n) is 1.58. The van der Waals surface area contributed by atoms with Gasteiger partial charge in [-0.05, 0) is 28.1 Å². The molecule has 0 saturated carbocycles. The third-order valence-corrected chi connectivity index (χ3v) is 3.06. The van der Waals surface area contributed by atoms with Crippen molar-refractivity contribution in [2.24, 2.45) is 0 Å². The molecule has 1 amide bonds. The van der Waals surface area contributed by atoms with Crippen molar-refractivity contribution in [1.82, 2.24) is 0 Å². The number of benzene rings is 1. The molecule has 2 rings (SSSR count). The quantitative estimate of drug-likeness (QED) is 0.748. The van der Waals surface area contributed by atoms with Crippen LogP contribution in [0, 0.1) is 5.82 Å². The predicted molar refractivity (Wildman–Crippen MR) is 61.1 cm³/mol. The standard InChI is InChI=1S/C10H6BrClFNO2/c11-7-1-5(12)2-8(13)10(7)14-4-6(15)3-9(14)16/h1-2H,3-4H2. The maximum atomic E-state index is 13.6. The second-order valence-electron chi connectivity index (χ2n) is 3.41. The van der Waals surface area contributed by atoms with Gasteiger partial charge in [0, 0.05) is 9.50 Å². The molecule has 0 aromatic heterocycles. The molecule has 84 valence electrons. The number of ketones is 1. The molecule has 0 N–H and O–H groups in total. The molecule has 1 fully saturated rings. The zero-order chi connectivity index (χ0) is 11.9. The van der Waals surface area contributed by atoms with Crippen molar-refractivity contribution in [2.75, 3.05) is 11.4 Å². The Balaban J connectivity index is 2.48. The molecule has 1 aliphatic rings. The first-order valence-corrected chi connectivity index (χ1v) is 5.62. The molecule has 0 atom stereocenters. The summed E-state index contributed by atoms with van der Waals surface area (Å²) in [5.41, 5.74) is 0.0697. The Morgan fingerprint density at radius 1 is 1.38 bits per heavy atom. The Kier molecular flexibility index (Phi) is 2.99. The molecular weight excluding hydrogens is 300 g/mol. The van der Waals surface area contributed by atoms with E-state index in [2.05, 4.69) is 15.9 Å². The maximum Gasteiger partial charge on any atom is 0.235 e. The van der Waals surface area contributed by atoms with Gasteiger partial charge in [-0.2, -0.15) is 0 Å². The second-order valence-corrected chi connectivity index (χ2v) is 4.70. The number of halogens is 3. The third-order valence-electron chi connectivity index (χ3n) is 2.24. The van der Waals surface area contributed by atoms with Crippen LogP contribution in [0.2, 0.25) is 5.02 Å². The topological polar surface area (TPSA) is 37.4 Å². The lowest BCUT2D eigenvalue weighted by molar-refractivity contribution is -0.121. The second kappa shape index (κ2) is 4.14. The minimum atomic E-state index is -0.623. The third kappa shape index (κ3) is 1.97. The molecule has 0 radical (unpaired) electrons. The number of carbonyl (C=O) groups excluding carboxylic acids is 2. The molecule has 1 saturated heterocycles. The predicted octanol–water partition coefficient (Wildman–Crippen LogP) is 2.55. The Hall–Kier alpha value is -0.940. The summed E-state index contributed by atoms with van der Waals surface area (Å²) < 4.78 is 14.0. The number of hydrogen-bond donors (Lipinski definition) is 0. The van der Waals surface area contributed by atoms with E-state index in [9.17, 15) is 14.0 Å². The molecule has 0 unspecified atom stereocenters. The van der Waals surface area contributed by atoms with Crippen LogP contribution in [-0.2, 0) is 9.59 Å². The van der Waals surface area contributed by atoms with Gasteiger partial charge < -0.3 is 4.90 Å². The van der Waals surface area contributed by atoms with E-state index in [0.717, 1.165) is 11.0 Å². The minimum Gasteiger partial charge on any atom is -0.301 e. The average molecular weight is 307 g/mol. The first-order valence-electron chi connectivity index (χ1n) is 4.45. The van der Waals surface area contributed by atoms with Gasteiger partial charge in [-0.1, -0.05) is 11.6 Å². The van der Waals surface area contributed by atoms with Crippen molar-refractivity contribution in [3.8, 4) is 0 Å². The van der Waals surface area contributed by atoms with Gasteiger partial charge in [-0.25, -0.2) is 4.39 Å². The minimum absolute atomic E-state index is 0.0697. The molecule has 1 aromatic rings. The summed E-state index contributed by atoms with van der Waals surface area (Å²) in [4.78, 5) is 23.7. The maximum absolute atomic E-state index is 13.6. The smallest absolute Gasteiger partial charge is 0.235 e. The SMILES string of the molecule is O=C1CC(=O)N(c2c(F)cc(Cl)cc2Br)C1. The zero-order valence-electron chi connectivity index (χ0n) is 7.97. The molecule has 6 heteroatoms. The molecule has 0 spiro atoms. The van der Waals surface area contributed by atoms with Crippen LogP contribution >= 0.6 is 27.5 Å². The van der Waals surface area contributed by atoms with Gasteiger partial charge in [0.25, 0.3) is 0 Å². The van der Waals surface area contributed by atoms with E-state index >= 15 is 0 Å². The molecule has 0 bridgehead atoms. The number of carbonyl (C=O) groups is 2. The Labute approximate surface area is 104 Å². The molecule has 1 aliphatic heterocycles. The van der Waals surface area contributed by atoms with Crippen LogP contribution in [0.3, 0.4) is 0 Å². The number of hydrogen-bond acceptors (Lipinski definition) is 2. The highest BCUT2D eigenvalue weighted by atomic mass is 79.9. The van der Waals surface area contributed by atoms with E-state index < -0.39 is 11.7 Å². The Morgan fingerprint density at radius 2 is 2.06 bits per heavy atom. The van der Waals surface area contributed by atoms with Crippen LogP contribution in [0.25, 0.3) is 0 Å². The number of anilines is 1. The molecule has 16 heavy (non-hydrogen) atoms. The number of rotatable bonds is 1. The van der Waals surface area contributed by atoms with Gasteiger partial charge in [-0.3, -0.25) is 9.59 Å². The van der Waals surface area contributed by atoms with Crippen molar-refractivity contribution in [1.29, 1.82) is 0 Å². The lowest BCUT2D eigenvalue weighted by atomic mass is 10.3. The summed E-state index contributed by atoms with van der Waals surface area (Å²) in [6.45, 7) is -0.0873. The van der Waals surface area contributed by atoms with E-state index in [-0.39, 0.29) is 29.5 Å². The molecule has 1 aromatic carbocycles. The summed E-state index contributed by atoms with van der Waals surface area (Å²) in [6, 6.07) is 2.59. The summed E-state index contributed by atoms with van der Waals surface area (Å²) in [5, 5.41) is 0.228.